The van der Waals surface area contributed by atoms with E-state index in [1.807, 2.05) is 19.1 Å². The van der Waals surface area contributed by atoms with Crippen LogP contribution in [-0.2, 0) is 4.79 Å². The summed E-state index contributed by atoms with van der Waals surface area (Å²) < 4.78 is 5.80. The summed E-state index contributed by atoms with van der Waals surface area (Å²) in [4.78, 5) is 20.9. The van der Waals surface area contributed by atoms with Crippen molar-refractivity contribution in [2.24, 2.45) is 0 Å². The van der Waals surface area contributed by atoms with Crippen molar-refractivity contribution in [1.82, 2.24) is 9.88 Å². The lowest BCUT2D eigenvalue weighted by Crippen LogP contribution is -2.52. The van der Waals surface area contributed by atoms with Gasteiger partial charge in [-0.25, -0.2) is 4.98 Å². The Morgan fingerprint density at radius 2 is 2.00 bits per heavy atom. The SMILES string of the molecule is Cc1ccc(Cl)c(OC(C)C(=O)N2CCN(c3cc(C#N)ccn3)CC2)c1. The van der Waals surface area contributed by atoms with Gasteiger partial charge in [0.25, 0.3) is 5.91 Å². The van der Waals surface area contributed by atoms with Crippen LogP contribution >= 0.6 is 11.6 Å². The number of hydrogen-bond donors (Lipinski definition) is 0. The third-order valence-corrected chi connectivity index (χ3v) is 4.84. The minimum absolute atomic E-state index is 0.0639. The molecule has 1 unspecified atom stereocenters. The number of rotatable bonds is 4. The molecule has 0 bridgehead atoms. The number of ether oxygens (including phenoxy) is 1. The molecule has 140 valence electrons. The van der Waals surface area contributed by atoms with E-state index in [1.54, 1.807) is 36.2 Å². The lowest BCUT2D eigenvalue weighted by molar-refractivity contribution is -0.138. The maximum atomic E-state index is 12.7. The van der Waals surface area contributed by atoms with Gasteiger partial charge in [-0.15, -0.1) is 0 Å². The second kappa shape index (κ2) is 8.28. The molecule has 1 aromatic carbocycles. The molecule has 1 saturated heterocycles. The molecule has 2 aromatic rings. The Bertz CT molecular complexity index is 873. The maximum Gasteiger partial charge on any atom is 0.263 e. The second-order valence-corrected chi connectivity index (χ2v) is 6.93. The van der Waals surface area contributed by atoms with Crippen molar-refractivity contribution in [1.29, 1.82) is 5.26 Å². The van der Waals surface area contributed by atoms with Gasteiger partial charge in [-0.3, -0.25) is 4.79 Å². The highest BCUT2D eigenvalue weighted by Gasteiger charge is 2.27. The molecule has 1 aliphatic rings. The van der Waals surface area contributed by atoms with Crippen LogP contribution < -0.4 is 9.64 Å². The molecule has 6 nitrogen and oxygen atoms in total. The zero-order valence-electron chi connectivity index (χ0n) is 15.4. The van der Waals surface area contributed by atoms with Crippen molar-refractivity contribution in [3.8, 4) is 11.8 Å². The number of hydrogen-bond acceptors (Lipinski definition) is 5. The molecule has 1 atom stereocenters. The van der Waals surface area contributed by atoms with E-state index < -0.39 is 6.10 Å². The first-order valence-electron chi connectivity index (χ1n) is 8.80. The lowest BCUT2D eigenvalue weighted by atomic mass is 10.2. The molecule has 1 fully saturated rings. The largest absolute Gasteiger partial charge is 0.479 e. The van der Waals surface area contributed by atoms with Gasteiger partial charge in [0.1, 0.15) is 11.6 Å². The first-order valence-corrected chi connectivity index (χ1v) is 9.18. The highest BCUT2D eigenvalue weighted by molar-refractivity contribution is 6.32. The number of anilines is 1. The normalized spacial score (nSPS) is 15.2. The number of carbonyl (C=O) groups is 1. The molecule has 27 heavy (non-hydrogen) atoms. The zero-order valence-corrected chi connectivity index (χ0v) is 16.1. The molecule has 0 N–H and O–H groups in total. The van der Waals surface area contributed by atoms with Crippen LogP contribution in [0.1, 0.15) is 18.1 Å². The van der Waals surface area contributed by atoms with Crippen LogP contribution in [0.3, 0.4) is 0 Å². The Kier molecular flexibility index (Phi) is 5.82. The summed E-state index contributed by atoms with van der Waals surface area (Å²) in [6.07, 6.45) is 1.02. The van der Waals surface area contributed by atoms with E-state index in [-0.39, 0.29) is 5.91 Å². The standard InChI is InChI=1S/C20H21ClN4O2/c1-14-3-4-17(21)18(11-14)27-15(2)20(26)25-9-7-24(8-10-25)19-12-16(13-22)5-6-23-19/h3-6,11-12,15H,7-10H2,1-2H3. The van der Waals surface area contributed by atoms with E-state index in [0.29, 0.717) is 42.5 Å². The monoisotopic (exact) mass is 384 g/mol. The summed E-state index contributed by atoms with van der Waals surface area (Å²) in [5.74, 6) is 1.22. The highest BCUT2D eigenvalue weighted by atomic mass is 35.5. The van der Waals surface area contributed by atoms with Crippen LogP contribution in [0.2, 0.25) is 5.02 Å². The van der Waals surface area contributed by atoms with Gasteiger partial charge in [0.15, 0.2) is 6.10 Å². The Balaban J connectivity index is 1.59. The predicted molar refractivity (Wildman–Crippen MR) is 104 cm³/mol. The Labute approximate surface area is 163 Å². The van der Waals surface area contributed by atoms with Gasteiger partial charge in [-0.1, -0.05) is 17.7 Å². The molecule has 0 aliphatic carbocycles. The number of carbonyl (C=O) groups excluding carboxylic acids is 1. The first kappa shape index (κ1) is 19.0. The van der Waals surface area contributed by atoms with Crippen molar-refractivity contribution >= 4 is 23.3 Å². The summed E-state index contributed by atoms with van der Waals surface area (Å²) in [6, 6.07) is 11.1. The topological polar surface area (TPSA) is 69.5 Å². The number of benzene rings is 1. The minimum atomic E-state index is -0.615. The Hall–Kier alpha value is -2.78. The number of nitrogens with zero attached hydrogens (tertiary/aromatic N) is 4. The summed E-state index contributed by atoms with van der Waals surface area (Å²) in [5, 5.41) is 9.52. The van der Waals surface area contributed by atoms with Gasteiger partial charge in [0.2, 0.25) is 0 Å². The van der Waals surface area contributed by atoms with E-state index in [0.717, 1.165) is 11.4 Å². The molecule has 7 heteroatoms. The summed E-state index contributed by atoms with van der Waals surface area (Å²) >= 11 is 6.16. The number of aryl methyl sites for hydroxylation is 1. The first-order chi connectivity index (χ1) is 13.0. The predicted octanol–water partition coefficient (Wildman–Crippen LogP) is 3.03. The smallest absolute Gasteiger partial charge is 0.263 e. The number of nitriles is 1. The van der Waals surface area contributed by atoms with Gasteiger partial charge in [0, 0.05) is 32.4 Å². The van der Waals surface area contributed by atoms with Crippen LogP contribution in [0.4, 0.5) is 5.82 Å². The van der Waals surface area contributed by atoms with Gasteiger partial charge < -0.3 is 14.5 Å². The molecule has 1 aromatic heterocycles. The third-order valence-electron chi connectivity index (χ3n) is 4.53. The van der Waals surface area contributed by atoms with Crippen LogP contribution in [0.15, 0.2) is 36.5 Å². The highest BCUT2D eigenvalue weighted by Crippen LogP contribution is 2.26. The molecule has 0 spiro atoms. The van der Waals surface area contributed by atoms with E-state index in [1.165, 1.54) is 0 Å². The van der Waals surface area contributed by atoms with Crippen LogP contribution in [0, 0.1) is 18.3 Å². The third kappa shape index (κ3) is 4.50. The molecule has 1 aliphatic heterocycles. The van der Waals surface area contributed by atoms with E-state index in [2.05, 4.69) is 16.0 Å². The molecule has 2 heterocycles. The molecule has 0 radical (unpaired) electrons. The van der Waals surface area contributed by atoms with Crippen LogP contribution in [0.25, 0.3) is 0 Å². The molecule has 3 rings (SSSR count). The number of pyridine rings is 1. The van der Waals surface area contributed by atoms with Crippen molar-refractivity contribution in [3.05, 3.63) is 52.7 Å². The Morgan fingerprint density at radius 3 is 2.70 bits per heavy atom. The van der Waals surface area contributed by atoms with Crippen molar-refractivity contribution in [2.75, 3.05) is 31.1 Å². The maximum absolute atomic E-state index is 12.7. The molecular weight excluding hydrogens is 364 g/mol. The van der Waals surface area contributed by atoms with Gasteiger partial charge >= 0.3 is 0 Å². The van der Waals surface area contributed by atoms with E-state index in [4.69, 9.17) is 21.6 Å². The summed E-state index contributed by atoms with van der Waals surface area (Å²) in [6.45, 7) is 6.16. The van der Waals surface area contributed by atoms with Crippen molar-refractivity contribution < 1.29 is 9.53 Å². The second-order valence-electron chi connectivity index (χ2n) is 6.52. The van der Waals surface area contributed by atoms with Crippen molar-refractivity contribution in [3.63, 3.8) is 0 Å². The number of amides is 1. The number of aromatic nitrogens is 1. The van der Waals surface area contributed by atoms with E-state index >= 15 is 0 Å². The van der Waals surface area contributed by atoms with Crippen molar-refractivity contribution in [2.45, 2.75) is 20.0 Å². The number of halogens is 1. The average molecular weight is 385 g/mol. The number of piperazine rings is 1. The average Bonchev–Trinajstić information content (AvgIpc) is 2.70. The summed E-state index contributed by atoms with van der Waals surface area (Å²) in [5.41, 5.74) is 1.60. The Morgan fingerprint density at radius 1 is 1.26 bits per heavy atom. The van der Waals surface area contributed by atoms with Crippen LogP contribution in [0.5, 0.6) is 5.75 Å². The van der Waals surface area contributed by atoms with Gasteiger partial charge in [0.05, 0.1) is 16.7 Å². The quantitative estimate of drug-likeness (QED) is 0.810. The molecule has 0 saturated carbocycles. The summed E-state index contributed by atoms with van der Waals surface area (Å²) in [7, 11) is 0. The fourth-order valence-corrected chi connectivity index (χ4v) is 3.18. The lowest BCUT2D eigenvalue weighted by Gasteiger charge is -2.36. The fourth-order valence-electron chi connectivity index (χ4n) is 3.02. The van der Waals surface area contributed by atoms with E-state index in [9.17, 15) is 4.79 Å². The minimum Gasteiger partial charge on any atom is -0.479 e. The molecule has 1 amide bonds. The zero-order chi connectivity index (χ0) is 19.4. The van der Waals surface area contributed by atoms with Crippen LogP contribution in [-0.4, -0.2) is 48.1 Å². The fraction of sp³-hybridized carbons (Fsp3) is 0.350. The van der Waals surface area contributed by atoms with Gasteiger partial charge in [-0.05, 0) is 43.7 Å². The van der Waals surface area contributed by atoms with Gasteiger partial charge in [-0.2, -0.15) is 5.26 Å². The molecular formula is C20H21ClN4O2.